The van der Waals surface area contributed by atoms with E-state index in [1.54, 1.807) is 12.1 Å². The number of aliphatic hydroxyl groups excluding tert-OH is 6. The number of carbonyl (C=O) groups excluding carboxylic acids is 1. The van der Waals surface area contributed by atoms with Crippen LogP contribution in [0, 0.1) is 11.6 Å². The van der Waals surface area contributed by atoms with Crippen molar-refractivity contribution in [2.75, 3.05) is 13.2 Å². The molecule has 0 aliphatic carbocycles. The lowest BCUT2D eigenvalue weighted by atomic mass is 9.98. The highest BCUT2D eigenvalue weighted by Gasteiger charge is 2.44. The molecule has 1 amide bonds. The molecule has 3 rings (SSSR count). The monoisotopic (exact) mass is 725 g/mol. The van der Waals surface area contributed by atoms with Gasteiger partial charge in [-0.05, 0) is 36.2 Å². The number of carbonyl (C=O) groups is 1. The predicted octanol–water partition coefficient (Wildman–Crippen LogP) is 4.41. The highest BCUT2D eigenvalue weighted by atomic mass is 19.1. The number of aliphatic hydroxyl groups is 6. The third-order valence-electron chi connectivity index (χ3n) is 9.20. The lowest BCUT2D eigenvalue weighted by molar-refractivity contribution is -0.303. The molecule has 1 fully saturated rings. The van der Waals surface area contributed by atoms with Crippen LogP contribution in [0.25, 0.3) is 0 Å². The van der Waals surface area contributed by atoms with E-state index in [-0.39, 0.29) is 24.3 Å². The second kappa shape index (κ2) is 23.0. The largest absolute Gasteiger partial charge is 0.454 e. The number of unbranched alkanes of at least 4 members (excludes halogenated alkanes) is 11. The molecule has 8 atom stereocenters. The van der Waals surface area contributed by atoms with Crippen molar-refractivity contribution in [3.05, 3.63) is 59.7 Å². The van der Waals surface area contributed by atoms with Crippen LogP contribution >= 0.6 is 0 Å². The van der Waals surface area contributed by atoms with Crippen LogP contribution in [0.1, 0.15) is 96.0 Å². The minimum atomic E-state index is -1.69. The van der Waals surface area contributed by atoms with E-state index in [2.05, 4.69) is 12.2 Å². The molecule has 2 aromatic carbocycles. The summed E-state index contributed by atoms with van der Waals surface area (Å²) in [6, 6.07) is 7.95. The Kier molecular flexibility index (Phi) is 19.3. The van der Waals surface area contributed by atoms with Gasteiger partial charge in [-0.25, -0.2) is 8.78 Å². The van der Waals surface area contributed by atoms with E-state index in [0.717, 1.165) is 31.4 Å². The van der Waals surface area contributed by atoms with E-state index in [1.807, 2.05) is 0 Å². The molecule has 1 saturated heterocycles. The fraction of sp³-hybridized carbons (Fsp3) is 0.658. The van der Waals surface area contributed by atoms with Crippen LogP contribution in [0.3, 0.4) is 0 Å². The van der Waals surface area contributed by atoms with Crippen LogP contribution in [0.5, 0.6) is 11.5 Å². The van der Waals surface area contributed by atoms with Gasteiger partial charge in [0.1, 0.15) is 42.1 Å². The van der Waals surface area contributed by atoms with Crippen molar-refractivity contribution in [3.63, 3.8) is 0 Å². The molecule has 2 aromatic rings. The third kappa shape index (κ3) is 14.7. The van der Waals surface area contributed by atoms with Crippen LogP contribution in [0.2, 0.25) is 0 Å². The number of rotatable bonds is 24. The molecule has 7 N–H and O–H groups in total. The van der Waals surface area contributed by atoms with E-state index in [1.165, 1.54) is 63.5 Å². The molecular weight excluding hydrogens is 668 g/mol. The number of hydrogen-bond donors (Lipinski definition) is 7. The zero-order valence-electron chi connectivity index (χ0n) is 29.5. The van der Waals surface area contributed by atoms with Gasteiger partial charge in [0.05, 0.1) is 31.8 Å². The summed E-state index contributed by atoms with van der Waals surface area (Å²) >= 11 is 0. The minimum absolute atomic E-state index is 0.150. The van der Waals surface area contributed by atoms with Gasteiger partial charge in [-0.3, -0.25) is 4.79 Å². The summed E-state index contributed by atoms with van der Waals surface area (Å²) in [7, 11) is 0. The lowest BCUT2D eigenvalue weighted by Crippen LogP contribution is -2.60. The predicted molar refractivity (Wildman–Crippen MR) is 186 cm³/mol. The van der Waals surface area contributed by atoms with Crippen molar-refractivity contribution in [2.24, 2.45) is 0 Å². The van der Waals surface area contributed by atoms with Crippen LogP contribution in [-0.2, 0) is 20.7 Å². The minimum Gasteiger partial charge on any atom is -0.454 e. The smallest absolute Gasteiger partial charge is 0.224 e. The topological polar surface area (TPSA) is 178 Å². The number of ether oxygens (including phenoxy) is 3. The third-order valence-corrected chi connectivity index (χ3v) is 9.20. The Morgan fingerprint density at radius 3 is 2.04 bits per heavy atom. The van der Waals surface area contributed by atoms with Gasteiger partial charge in [0.15, 0.2) is 17.9 Å². The molecule has 2 unspecified atom stereocenters. The molecule has 0 bridgehead atoms. The summed E-state index contributed by atoms with van der Waals surface area (Å²) in [6.07, 6.45) is 3.54. The molecule has 0 spiro atoms. The van der Waals surface area contributed by atoms with Crippen molar-refractivity contribution in [2.45, 2.75) is 146 Å². The summed E-state index contributed by atoms with van der Waals surface area (Å²) in [5, 5.41) is 64.8. The van der Waals surface area contributed by atoms with Crippen molar-refractivity contribution in [1.82, 2.24) is 5.32 Å². The number of hydrogen-bond acceptors (Lipinski definition) is 10. The first-order valence-electron chi connectivity index (χ1n) is 18.3. The van der Waals surface area contributed by atoms with E-state index in [0.29, 0.717) is 18.1 Å². The van der Waals surface area contributed by atoms with Crippen molar-refractivity contribution in [1.29, 1.82) is 0 Å². The van der Waals surface area contributed by atoms with E-state index < -0.39 is 79.7 Å². The maximum absolute atomic E-state index is 14.0. The van der Waals surface area contributed by atoms with Crippen molar-refractivity contribution < 1.29 is 58.4 Å². The molecule has 1 aliphatic heterocycles. The number of benzene rings is 2. The Bertz CT molecular complexity index is 1270. The van der Waals surface area contributed by atoms with Gasteiger partial charge in [-0.15, -0.1) is 0 Å². The summed E-state index contributed by atoms with van der Waals surface area (Å²) in [5.41, 5.74) is 0.541. The van der Waals surface area contributed by atoms with Gasteiger partial charge in [0.25, 0.3) is 0 Å². The summed E-state index contributed by atoms with van der Waals surface area (Å²) in [4.78, 5) is 13.1. The van der Waals surface area contributed by atoms with Crippen LogP contribution < -0.4 is 10.1 Å². The van der Waals surface area contributed by atoms with Crippen LogP contribution in [0.15, 0.2) is 42.5 Å². The van der Waals surface area contributed by atoms with Crippen LogP contribution in [-0.4, -0.2) is 98.7 Å². The Labute approximate surface area is 299 Å². The van der Waals surface area contributed by atoms with Gasteiger partial charge in [0, 0.05) is 6.07 Å². The summed E-state index contributed by atoms with van der Waals surface area (Å²) in [6.45, 7) is 1.11. The maximum atomic E-state index is 14.0. The number of amides is 1. The van der Waals surface area contributed by atoms with Gasteiger partial charge < -0.3 is 50.2 Å². The first-order chi connectivity index (χ1) is 24.5. The Balaban J connectivity index is 1.53. The second-order valence-electron chi connectivity index (χ2n) is 13.4. The fourth-order valence-corrected chi connectivity index (χ4v) is 6.07. The molecule has 0 saturated carbocycles. The molecule has 0 radical (unpaired) electrons. The quantitative estimate of drug-likeness (QED) is 0.0767. The first-order valence-corrected chi connectivity index (χ1v) is 18.3. The maximum Gasteiger partial charge on any atom is 0.224 e. The molecule has 1 aliphatic rings. The van der Waals surface area contributed by atoms with E-state index >= 15 is 0 Å². The highest BCUT2D eigenvalue weighted by molar-refractivity contribution is 5.79. The second-order valence-corrected chi connectivity index (χ2v) is 13.4. The first kappa shape index (κ1) is 42.7. The van der Waals surface area contributed by atoms with E-state index in [4.69, 9.17) is 14.2 Å². The number of nitrogens with one attached hydrogen (secondary N) is 1. The number of halogens is 2. The van der Waals surface area contributed by atoms with Gasteiger partial charge in [-0.1, -0.05) is 96.1 Å². The molecule has 288 valence electrons. The zero-order valence-corrected chi connectivity index (χ0v) is 29.5. The normalized spacial score (nSPS) is 22.3. The van der Waals surface area contributed by atoms with Crippen molar-refractivity contribution >= 4 is 5.91 Å². The van der Waals surface area contributed by atoms with Gasteiger partial charge in [0.2, 0.25) is 5.91 Å². The average molecular weight is 726 g/mol. The highest BCUT2D eigenvalue weighted by Crippen LogP contribution is 2.26. The molecule has 1 heterocycles. The standard InChI is InChI=1S/C38H57F2NO10/c1-2-3-4-5-6-7-8-9-10-11-12-13-14-30(43)34(45)29(24-49-38-37(48)36(47)35(46)32(23-42)51-38)41-33(44)21-25-15-18-27(19-16-25)50-31-20-17-26(39)22-28(31)40/h15-20,22,29-30,32,34-38,42-43,45-48H,2-14,21,23-24H2,1H3,(H,41,44)/t29-,30+,32?,34-,35-,36?,37-,38-/m0/s1. The SMILES string of the molecule is CCCCCCCCCCCCCC[C@@H](O)[C@@H](O)[C@H](CO[C@H]1OC(CO)[C@H](O)C(O)[C@@H]1O)NC(=O)Cc1ccc(Oc2ccc(F)cc2F)cc1. The Morgan fingerprint density at radius 1 is 0.843 bits per heavy atom. The van der Waals surface area contributed by atoms with Gasteiger partial charge in [-0.2, -0.15) is 0 Å². The summed E-state index contributed by atoms with van der Waals surface area (Å²) < 4.78 is 43.7. The molecule has 51 heavy (non-hydrogen) atoms. The zero-order chi connectivity index (χ0) is 37.2. The van der Waals surface area contributed by atoms with Crippen molar-refractivity contribution in [3.8, 4) is 11.5 Å². The summed E-state index contributed by atoms with van der Waals surface area (Å²) in [5.74, 6) is -2.05. The Morgan fingerprint density at radius 2 is 1.45 bits per heavy atom. The molecule has 0 aromatic heterocycles. The lowest BCUT2D eigenvalue weighted by Gasteiger charge is -2.40. The Hall–Kier alpha value is -2.75. The van der Waals surface area contributed by atoms with Gasteiger partial charge >= 0.3 is 0 Å². The average Bonchev–Trinajstić information content (AvgIpc) is 3.11. The fourth-order valence-electron chi connectivity index (χ4n) is 6.07. The molecule has 13 heteroatoms. The van der Waals surface area contributed by atoms with Crippen LogP contribution in [0.4, 0.5) is 8.78 Å². The molecular formula is C38H57F2NO10. The van der Waals surface area contributed by atoms with E-state index in [9.17, 15) is 44.2 Å². The molecule has 11 nitrogen and oxygen atoms in total.